The quantitative estimate of drug-likeness (QED) is 0.365. The molecule has 2 amide bonds. The zero-order chi connectivity index (χ0) is 24.5. The van der Waals surface area contributed by atoms with Crippen LogP contribution in [0.3, 0.4) is 0 Å². The van der Waals surface area contributed by atoms with E-state index in [1.165, 1.54) is 24.3 Å². The van der Waals surface area contributed by atoms with Crippen molar-refractivity contribution in [2.24, 2.45) is 5.92 Å². The van der Waals surface area contributed by atoms with E-state index < -0.39 is 0 Å². The van der Waals surface area contributed by atoms with Crippen LogP contribution >= 0.6 is 12.2 Å². The molecule has 0 radical (unpaired) electrons. The standard InChI is InChI=1S/C26H26FN3O3S/c1-17(2)14-15-33-23-12-6-18(7-13-23)24(31)30-26(34)29-22-5-3-4-19(16-22)25(32)28-21-10-8-20(27)9-11-21/h3-13,16-17H,14-15H2,1-2H3,(H,28,32)(H2,29,30,31,34). The Labute approximate surface area is 203 Å². The molecular formula is C26H26FN3O3S. The molecule has 3 aromatic carbocycles. The van der Waals surface area contributed by atoms with Gasteiger partial charge in [0.05, 0.1) is 6.61 Å². The fraction of sp³-hybridized carbons (Fsp3) is 0.192. The zero-order valence-corrected chi connectivity index (χ0v) is 19.7. The highest BCUT2D eigenvalue weighted by atomic mass is 32.1. The minimum absolute atomic E-state index is 0.0957. The summed E-state index contributed by atoms with van der Waals surface area (Å²) >= 11 is 5.24. The summed E-state index contributed by atoms with van der Waals surface area (Å²) in [6, 6.07) is 19.0. The molecule has 0 spiro atoms. The van der Waals surface area contributed by atoms with Crippen LogP contribution in [0.4, 0.5) is 15.8 Å². The van der Waals surface area contributed by atoms with Crippen LogP contribution in [0.5, 0.6) is 5.75 Å². The highest BCUT2D eigenvalue weighted by molar-refractivity contribution is 7.80. The van der Waals surface area contributed by atoms with Crippen LogP contribution < -0.4 is 20.7 Å². The molecule has 3 aromatic rings. The van der Waals surface area contributed by atoms with Gasteiger partial charge in [-0.2, -0.15) is 0 Å². The van der Waals surface area contributed by atoms with E-state index in [9.17, 15) is 14.0 Å². The van der Waals surface area contributed by atoms with E-state index >= 15 is 0 Å². The molecule has 0 aromatic heterocycles. The summed E-state index contributed by atoms with van der Waals surface area (Å²) in [5.41, 5.74) is 1.82. The Balaban J connectivity index is 1.53. The summed E-state index contributed by atoms with van der Waals surface area (Å²) in [5.74, 6) is 0.153. The van der Waals surface area contributed by atoms with Crippen molar-refractivity contribution in [2.75, 3.05) is 17.2 Å². The molecule has 0 fully saturated rings. The van der Waals surface area contributed by atoms with Crippen LogP contribution in [0.1, 0.15) is 41.0 Å². The van der Waals surface area contributed by atoms with Crippen molar-refractivity contribution >= 4 is 40.5 Å². The van der Waals surface area contributed by atoms with Gasteiger partial charge >= 0.3 is 0 Å². The van der Waals surface area contributed by atoms with Gasteiger partial charge < -0.3 is 15.4 Å². The minimum Gasteiger partial charge on any atom is -0.494 e. The molecule has 0 aliphatic rings. The first kappa shape index (κ1) is 24.9. The van der Waals surface area contributed by atoms with E-state index in [1.54, 1.807) is 48.5 Å². The Hall–Kier alpha value is -3.78. The fourth-order valence-electron chi connectivity index (χ4n) is 2.93. The van der Waals surface area contributed by atoms with Crippen LogP contribution in [0, 0.1) is 11.7 Å². The van der Waals surface area contributed by atoms with Gasteiger partial charge in [-0.3, -0.25) is 14.9 Å². The van der Waals surface area contributed by atoms with Crippen LogP contribution in [-0.2, 0) is 0 Å². The number of carbonyl (C=O) groups excluding carboxylic acids is 2. The lowest BCUT2D eigenvalue weighted by atomic mass is 10.1. The predicted octanol–water partition coefficient (Wildman–Crippen LogP) is 5.63. The normalized spacial score (nSPS) is 10.5. The Morgan fingerprint density at radius 2 is 1.59 bits per heavy atom. The first-order valence-electron chi connectivity index (χ1n) is 10.8. The number of hydrogen-bond donors (Lipinski definition) is 3. The lowest BCUT2D eigenvalue weighted by Crippen LogP contribution is -2.34. The van der Waals surface area contributed by atoms with Crippen molar-refractivity contribution < 1.29 is 18.7 Å². The van der Waals surface area contributed by atoms with Gasteiger partial charge in [-0.1, -0.05) is 19.9 Å². The van der Waals surface area contributed by atoms with Gasteiger partial charge in [-0.15, -0.1) is 0 Å². The van der Waals surface area contributed by atoms with E-state index in [0.29, 0.717) is 40.8 Å². The Morgan fingerprint density at radius 1 is 0.882 bits per heavy atom. The summed E-state index contributed by atoms with van der Waals surface area (Å²) in [6.45, 7) is 4.89. The van der Waals surface area contributed by atoms with Gasteiger partial charge in [0.15, 0.2) is 5.11 Å². The van der Waals surface area contributed by atoms with E-state index in [-0.39, 0.29) is 22.7 Å². The number of carbonyl (C=O) groups is 2. The van der Waals surface area contributed by atoms with Gasteiger partial charge in [-0.05, 0) is 91.3 Å². The van der Waals surface area contributed by atoms with E-state index in [2.05, 4.69) is 29.8 Å². The molecule has 34 heavy (non-hydrogen) atoms. The molecule has 8 heteroatoms. The fourth-order valence-corrected chi connectivity index (χ4v) is 3.14. The van der Waals surface area contributed by atoms with Gasteiger partial charge in [0.2, 0.25) is 0 Å². The molecule has 0 aliphatic heterocycles. The first-order chi connectivity index (χ1) is 16.3. The van der Waals surface area contributed by atoms with Gasteiger partial charge in [-0.25, -0.2) is 4.39 Å². The summed E-state index contributed by atoms with van der Waals surface area (Å²) < 4.78 is 18.7. The lowest BCUT2D eigenvalue weighted by Gasteiger charge is -2.12. The predicted molar refractivity (Wildman–Crippen MR) is 136 cm³/mol. The van der Waals surface area contributed by atoms with Gasteiger partial charge in [0.1, 0.15) is 11.6 Å². The number of halogens is 1. The number of amides is 2. The largest absolute Gasteiger partial charge is 0.494 e. The second-order valence-electron chi connectivity index (χ2n) is 8.01. The highest BCUT2D eigenvalue weighted by Gasteiger charge is 2.11. The summed E-state index contributed by atoms with van der Waals surface area (Å²) in [7, 11) is 0. The molecule has 0 saturated heterocycles. The van der Waals surface area contributed by atoms with Crippen molar-refractivity contribution in [2.45, 2.75) is 20.3 Å². The summed E-state index contributed by atoms with van der Waals surface area (Å²) in [4.78, 5) is 25.0. The average Bonchev–Trinajstić information content (AvgIpc) is 2.81. The van der Waals surface area contributed by atoms with E-state index in [4.69, 9.17) is 17.0 Å². The van der Waals surface area contributed by atoms with E-state index in [0.717, 1.165) is 6.42 Å². The highest BCUT2D eigenvalue weighted by Crippen LogP contribution is 2.16. The molecule has 6 nitrogen and oxygen atoms in total. The molecule has 0 unspecified atom stereocenters. The van der Waals surface area contributed by atoms with Crippen molar-refractivity contribution in [3.63, 3.8) is 0 Å². The number of thiocarbonyl (C=S) groups is 1. The van der Waals surface area contributed by atoms with Crippen LogP contribution in [0.2, 0.25) is 0 Å². The number of benzene rings is 3. The van der Waals surface area contributed by atoms with Gasteiger partial charge in [0, 0.05) is 22.5 Å². The van der Waals surface area contributed by atoms with Crippen molar-refractivity contribution in [1.82, 2.24) is 5.32 Å². The topological polar surface area (TPSA) is 79.5 Å². The maximum absolute atomic E-state index is 13.0. The molecule has 0 heterocycles. The summed E-state index contributed by atoms with van der Waals surface area (Å²) in [6.07, 6.45) is 0.956. The SMILES string of the molecule is CC(C)CCOc1ccc(C(=O)NC(=S)Nc2cccc(C(=O)Nc3ccc(F)cc3)c2)cc1. The van der Waals surface area contributed by atoms with E-state index in [1.807, 2.05) is 0 Å². The Morgan fingerprint density at radius 3 is 2.26 bits per heavy atom. The van der Waals surface area contributed by atoms with Crippen molar-refractivity contribution in [1.29, 1.82) is 0 Å². The third-order valence-electron chi connectivity index (χ3n) is 4.79. The number of anilines is 2. The molecule has 3 rings (SSSR count). The van der Waals surface area contributed by atoms with Crippen LogP contribution in [-0.4, -0.2) is 23.5 Å². The molecule has 0 bridgehead atoms. The first-order valence-corrected chi connectivity index (χ1v) is 11.2. The van der Waals surface area contributed by atoms with Crippen molar-refractivity contribution in [3.05, 3.63) is 89.7 Å². The summed E-state index contributed by atoms with van der Waals surface area (Å²) in [5, 5.41) is 8.32. The number of nitrogens with one attached hydrogen (secondary N) is 3. The number of rotatable bonds is 8. The molecule has 0 saturated carbocycles. The third kappa shape index (κ3) is 7.67. The molecule has 3 N–H and O–H groups in total. The number of ether oxygens (including phenoxy) is 1. The Bertz CT molecular complexity index is 1150. The van der Waals surface area contributed by atoms with Crippen LogP contribution in [0.25, 0.3) is 0 Å². The zero-order valence-electron chi connectivity index (χ0n) is 18.9. The van der Waals surface area contributed by atoms with Gasteiger partial charge in [0.25, 0.3) is 11.8 Å². The smallest absolute Gasteiger partial charge is 0.257 e. The monoisotopic (exact) mass is 479 g/mol. The third-order valence-corrected chi connectivity index (χ3v) is 5.00. The Kier molecular flexibility index (Phi) is 8.70. The molecule has 0 atom stereocenters. The average molecular weight is 480 g/mol. The maximum atomic E-state index is 13.0. The molecule has 176 valence electrons. The maximum Gasteiger partial charge on any atom is 0.257 e. The minimum atomic E-state index is -0.384. The second kappa shape index (κ2) is 11.9. The van der Waals surface area contributed by atoms with Crippen molar-refractivity contribution in [3.8, 4) is 5.75 Å². The second-order valence-corrected chi connectivity index (χ2v) is 8.41. The molecular weight excluding hydrogens is 453 g/mol. The number of hydrogen-bond acceptors (Lipinski definition) is 4. The lowest BCUT2D eigenvalue weighted by molar-refractivity contribution is 0.0976. The van der Waals surface area contributed by atoms with Crippen LogP contribution in [0.15, 0.2) is 72.8 Å². The molecule has 0 aliphatic carbocycles.